The highest BCUT2D eigenvalue weighted by molar-refractivity contribution is 6.30. The van der Waals surface area contributed by atoms with E-state index in [0.29, 0.717) is 11.4 Å². The third-order valence-corrected chi connectivity index (χ3v) is 5.62. The van der Waals surface area contributed by atoms with Crippen molar-refractivity contribution in [3.63, 3.8) is 0 Å². The Hall–Kier alpha value is -3.38. The van der Waals surface area contributed by atoms with Gasteiger partial charge in [-0.3, -0.25) is 4.98 Å². The van der Waals surface area contributed by atoms with Crippen molar-refractivity contribution in [1.29, 1.82) is 0 Å². The van der Waals surface area contributed by atoms with E-state index in [1.54, 1.807) is 12.3 Å². The third-order valence-electron chi connectivity index (χ3n) is 5.42. The van der Waals surface area contributed by atoms with Gasteiger partial charge in [0, 0.05) is 18.3 Å². The van der Waals surface area contributed by atoms with Gasteiger partial charge < -0.3 is 15.2 Å². The highest BCUT2D eigenvalue weighted by atomic mass is 35.5. The molecule has 158 valence electrons. The molecule has 1 amide bonds. The first-order valence-corrected chi connectivity index (χ1v) is 10.3. The van der Waals surface area contributed by atoms with Gasteiger partial charge in [-0.1, -0.05) is 60.1 Å². The fourth-order valence-electron chi connectivity index (χ4n) is 3.94. The van der Waals surface area contributed by atoms with Crippen LogP contribution in [0.15, 0.2) is 67.0 Å². The van der Waals surface area contributed by atoms with E-state index in [1.807, 2.05) is 36.4 Å². The molecule has 1 aliphatic rings. The Labute approximate surface area is 184 Å². The van der Waals surface area contributed by atoms with Crippen LogP contribution in [0.2, 0.25) is 5.02 Å². The number of nitrogens with one attached hydrogen (secondary N) is 1. The molecule has 1 atom stereocenters. The zero-order valence-corrected chi connectivity index (χ0v) is 17.4. The lowest BCUT2D eigenvalue weighted by Crippen LogP contribution is -2.41. The molecule has 0 unspecified atom stereocenters. The smallest absolute Gasteiger partial charge is 0.407 e. The number of halogens is 1. The maximum absolute atomic E-state index is 12.4. The second kappa shape index (κ2) is 9.18. The predicted molar refractivity (Wildman–Crippen MR) is 117 cm³/mol. The van der Waals surface area contributed by atoms with E-state index in [-0.39, 0.29) is 18.9 Å². The number of carbonyl (C=O) groups excluding carboxylic acids is 1. The van der Waals surface area contributed by atoms with Gasteiger partial charge >= 0.3 is 12.1 Å². The van der Waals surface area contributed by atoms with Gasteiger partial charge in [-0.25, -0.2) is 9.59 Å². The summed E-state index contributed by atoms with van der Waals surface area (Å²) in [5, 5.41) is 12.4. The highest BCUT2D eigenvalue weighted by Crippen LogP contribution is 2.44. The first-order chi connectivity index (χ1) is 15.0. The molecule has 0 radical (unpaired) electrons. The number of aromatic nitrogens is 1. The molecule has 31 heavy (non-hydrogen) atoms. The normalized spacial score (nSPS) is 13.2. The van der Waals surface area contributed by atoms with Crippen molar-refractivity contribution < 1.29 is 19.4 Å². The lowest BCUT2D eigenvalue weighted by atomic mass is 9.98. The van der Waals surface area contributed by atoms with Crippen LogP contribution in [0.3, 0.4) is 0 Å². The summed E-state index contributed by atoms with van der Waals surface area (Å²) in [7, 11) is 0. The van der Waals surface area contributed by atoms with Gasteiger partial charge in [0.1, 0.15) is 12.6 Å². The average molecular weight is 437 g/mol. The average Bonchev–Trinajstić information content (AvgIpc) is 3.09. The topological polar surface area (TPSA) is 88.5 Å². The number of amides is 1. The number of aliphatic carboxylic acids is 1. The number of benzene rings is 2. The lowest BCUT2D eigenvalue weighted by molar-refractivity contribution is -0.139. The summed E-state index contributed by atoms with van der Waals surface area (Å²) >= 11 is 5.91. The van der Waals surface area contributed by atoms with Crippen molar-refractivity contribution in [3.8, 4) is 11.1 Å². The van der Waals surface area contributed by atoms with E-state index < -0.39 is 18.1 Å². The van der Waals surface area contributed by atoms with Gasteiger partial charge in [-0.15, -0.1) is 0 Å². The number of alkyl carbamates (subject to hydrolysis) is 1. The number of hydrogen-bond acceptors (Lipinski definition) is 4. The molecule has 0 aliphatic heterocycles. The first kappa shape index (κ1) is 20.9. The van der Waals surface area contributed by atoms with E-state index in [2.05, 4.69) is 22.4 Å². The van der Waals surface area contributed by atoms with Crippen LogP contribution in [0.4, 0.5) is 4.79 Å². The molecule has 0 bridgehead atoms. The van der Waals surface area contributed by atoms with Crippen molar-refractivity contribution in [3.05, 3.63) is 88.7 Å². The van der Waals surface area contributed by atoms with Gasteiger partial charge in [0.25, 0.3) is 0 Å². The standard InChI is InChI=1S/C24H21ClN2O4/c25-16-11-15(12-26-13-16)9-10-22(23(28)29)27-24(30)31-14-21-19-7-3-1-5-17(19)18-6-2-4-8-20(18)21/h1-8,11-13,21-22H,9-10,14H2,(H,27,30)(H,28,29)/t22-/m0/s1. The number of carboxylic acid groups (broad SMARTS) is 1. The van der Waals surface area contributed by atoms with Crippen LogP contribution in [0.25, 0.3) is 11.1 Å². The maximum Gasteiger partial charge on any atom is 0.407 e. The molecular weight excluding hydrogens is 416 g/mol. The number of nitrogens with zero attached hydrogens (tertiary/aromatic N) is 1. The minimum atomic E-state index is -1.12. The van der Waals surface area contributed by atoms with Crippen molar-refractivity contribution >= 4 is 23.7 Å². The van der Waals surface area contributed by atoms with Crippen LogP contribution in [0.5, 0.6) is 0 Å². The van der Waals surface area contributed by atoms with Crippen LogP contribution in [0.1, 0.15) is 29.0 Å². The number of hydrogen-bond donors (Lipinski definition) is 2. The number of ether oxygens (including phenoxy) is 1. The van der Waals surface area contributed by atoms with E-state index in [0.717, 1.165) is 27.8 Å². The van der Waals surface area contributed by atoms with E-state index >= 15 is 0 Å². The molecule has 3 aromatic rings. The molecule has 1 heterocycles. The zero-order valence-electron chi connectivity index (χ0n) is 16.6. The van der Waals surface area contributed by atoms with Crippen LogP contribution in [0, 0.1) is 0 Å². The molecule has 4 rings (SSSR count). The Balaban J connectivity index is 1.38. The molecule has 7 heteroatoms. The molecule has 6 nitrogen and oxygen atoms in total. The minimum absolute atomic E-state index is 0.0843. The van der Waals surface area contributed by atoms with Crippen molar-refractivity contribution in [2.24, 2.45) is 0 Å². The summed E-state index contributed by atoms with van der Waals surface area (Å²) in [6.45, 7) is 0.129. The fourth-order valence-corrected chi connectivity index (χ4v) is 4.14. The molecule has 0 spiro atoms. The Morgan fingerprint density at radius 1 is 1.06 bits per heavy atom. The Morgan fingerprint density at radius 3 is 2.32 bits per heavy atom. The molecule has 0 saturated carbocycles. The molecule has 1 aromatic heterocycles. The summed E-state index contributed by atoms with van der Waals surface area (Å²) in [5.74, 6) is -1.21. The van der Waals surface area contributed by atoms with Crippen LogP contribution in [-0.2, 0) is 16.0 Å². The van der Waals surface area contributed by atoms with Gasteiger partial charge in [0.2, 0.25) is 0 Å². The van der Waals surface area contributed by atoms with Crippen molar-refractivity contribution in [2.75, 3.05) is 6.61 Å². The number of aryl methyl sites for hydroxylation is 1. The largest absolute Gasteiger partial charge is 0.480 e. The van der Waals surface area contributed by atoms with Gasteiger partial charge in [-0.2, -0.15) is 0 Å². The van der Waals surface area contributed by atoms with Crippen LogP contribution < -0.4 is 5.32 Å². The number of rotatable bonds is 7. The Bertz CT molecular complexity index is 1070. The van der Waals surface area contributed by atoms with E-state index in [4.69, 9.17) is 16.3 Å². The summed E-state index contributed by atoms with van der Waals surface area (Å²) < 4.78 is 5.44. The number of pyridine rings is 1. The summed E-state index contributed by atoms with van der Waals surface area (Å²) in [4.78, 5) is 28.0. The van der Waals surface area contributed by atoms with Crippen molar-refractivity contribution in [2.45, 2.75) is 24.8 Å². The monoisotopic (exact) mass is 436 g/mol. The van der Waals surface area contributed by atoms with Crippen LogP contribution in [-0.4, -0.2) is 34.8 Å². The maximum atomic E-state index is 12.4. The molecule has 2 aromatic carbocycles. The second-order valence-corrected chi connectivity index (χ2v) is 7.85. The molecule has 0 saturated heterocycles. The SMILES string of the molecule is O=C(N[C@@H](CCc1cncc(Cl)c1)C(=O)O)OCC1c2ccccc2-c2ccccc21. The lowest BCUT2D eigenvalue weighted by Gasteiger charge is -2.17. The van der Waals surface area contributed by atoms with Crippen LogP contribution >= 0.6 is 11.6 Å². The number of carbonyl (C=O) groups is 2. The summed E-state index contributed by atoms with van der Waals surface area (Å²) in [6, 6.07) is 16.7. The number of carboxylic acids is 1. The Morgan fingerprint density at radius 2 is 1.71 bits per heavy atom. The third kappa shape index (κ3) is 4.70. The minimum Gasteiger partial charge on any atom is -0.480 e. The highest BCUT2D eigenvalue weighted by Gasteiger charge is 2.29. The van der Waals surface area contributed by atoms with E-state index in [1.165, 1.54) is 6.20 Å². The summed E-state index contributed by atoms with van der Waals surface area (Å²) in [5.41, 5.74) is 5.25. The fraction of sp³-hybridized carbons (Fsp3) is 0.208. The molecule has 1 aliphatic carbocycles. The van der Waals surface area contributed by atoms with Crippen molar-refractivity contribution in [1.82, 2.24) is 10.3 Å². The van der Waals surface area contributed by atoms with E-state index in [9.17, 15) is 14.7 Å². The first-order valence-electron chi connectivity index (χ1n) is 9.96. The quantitative estimate of drug-likeness (QED) is 0.562. The molecule has 2 N–H and O–H groups in total. The Kier molecular flexibility index (Phi) is 6.18. The van der Waals surface area contributed by atoms with Gasteiger partial charge in [-0.05, 0) is 46.7 Å². The second-order valence-electron chi connectivity index (χ2n) is 7.41. The van der Waals surface area contributed by atoms with Gasteiger partial charge in [0.15, 0.2) is 0 Å². The van der Waals surface area contributed by atoms with Gasteiger partial charge in [0.05, 0.1) is 5.02 Å². The summed E-state index contributed by atoms with van der Waals surface area (Å²) in [6.07, 6.45) is 2.99. The molecule has 0 fully saturated rings. The zero-order chi connectivity index (χ0) is 21.8. The predicted octanol–water partition coefficient (Wildman–Crippen LogP) is 4.66. The molecular formula is C24H21ClN2O4. The number of fused-ring (bicyclic) bond motifs is 3.